The van der Waals surface area contributed by atoms with Crippen LogP contribution in [0.3, 0.4) is 0 Å². The SMILES string of the molecule is CC1CC(C)CN(C(=O)COC(=O)c2ccc(NC(=O)C3CC3)cc2)C1. The van der Waals surface area contributed by atoms with Crippen LogP contribution in [0.2, 0.25) is 0 Å². The summed E-state index contributed by atoms with van der Waals surface area (Å²) in [4.78, 5) is 37.9. The van der Waals surface area contributed by atoms with Gasteiger partial charge in [0.15, 0.2) is 6.61 Å². The zero-order valence-electron chi connectivity index (χ0n) is 15.4. The molecule has 1 saturated heterocycles. The number of amides is 2. The summed E-state index contributed by atoms with van der Waals surface area (Å²) in [5.74, 6) is 0.414. The van der Waals surface area contributed by atoms with E-state index < -0.39 is 5.97 Å². The van der Waals surface area contributed by atoms with E-state index >= 15 is 0 Å². The Kier molecular flexibility index (Phi) is 5.59. The molecular formula is C20H26N2O4. The Hall–Kier alpha value is -2.37. The van der Waals surface area contributed by atoms with Gasteiger partial charge < -0.3 is 15.0 Å². The molecule has 1 aliphatic carbocycles. The number of benzene rings is 1. The minimum absolute atomic E-state index is 0.0240. The standard InChI is InChI=1S/C20H26N2O4/c1-13-9-14(2)11-22(10-13)18(23)12-26-20(25)16-5-7-17(8-6-16)21-19(24)15-3-4-15/h5-8,13-15H,3-4,9-12H2,1-2H3,(H,21,24). The van der Waals surface area contributed by atoms with Gasteiger partial charge in [-0.05, 0) is 55.4 Å². The molecule has 1 aromatic carbocycles. The molecule has 0 radical (unpaired) electrons. The first-order valence-corrected chi connectivity index (χ1v) is 9.28. The third-order valence-electron chi connectivity index (χ3n) is 4.88. The van der Waals surface area contributed by atoms with Crippen LogP contribution in [0.25, 0.3) is 0 Å². The van der Waals surface area contributed by atoms with Crippen molar-refractivity contribution in [2.75, 3.05) is 25.0 Å². The number of hydrogen-bond acceptors (Lipinski definition) is 4. The lowest BCUT2D eigenvalue weighted by atomic mass is 9.92. The normalized spacial score (nSPS) is 22.6. The second-order valence-corrected chi connectivity index (χ2v) is 7.66. The number of ether oxygens (including phenoxy) is 1. The van der Waals surface area contributed by atoms with E-state index in [0.717, 1.165) is 32.4 Å². The molecule has 1 N–H and O–H groups in total. The van der Waals surface area contributed by atoms with Crippen molar-refractivity contribution in [3.8, 4) is 0 Å². The molecule has 2 atom stereocenters. The highest BCUT2D eigenvalue weighted by Crippen LogP contribution is 2.30. The highest BCUT2D eigenvalue weighted by atomic mass is 16.5. The predicted molar refractivity (Wildman–Crippen MR) is 97.6 cm³/mol. The van der Waals surface area contributed by atoms with Crippen molar-refractivity contribution >= 4 is 23.5 Å². The second-order valence-electron chi connectivity index (χ2n) is 7.66. The van der Waals surface area contributed by atoms with E-state index in [0.29, 0.717) is 23.1 Å². The van der Waals surface area contributed by atoms with Gasteiger partial charge in [-0.15, -0.1) is 0 Å². The van der Waals surface area contributed by atoms with Crippen LogP contribution in [0.4, 0.5) is 5.69 Å². The Balaban J connectivity index is 1.48. The summed E-state index contributed by atoms with van der Waals surface area (Å²) in [5.41, 5.74) is 1.02. The number of rotatable bonds is 5. The van der Waals surface area contributed by atoms with E-state index in [4.69, 9.17) is 4.74 Å². The average molecular weight is 358 g/mol. The number of piperidine rings is 1. The third kappa shape index (κ3) is 4.84. The van der Waals surface area contributed by atoms with Crippen molar-refractivity contribution < 1.29 is 19.1 Å². The summed E-state index contributed by atoms with van der Waals surface area (Å²) in [5, 5.41) is 2.82. The molecule has 140 valence electrons. The summed E-state index contributed by atoms with van der Waals surface area (Å²) >= 11 is 0. The molecule has 1 heterocycles. The molecule has 1 aliphatic heterocycles. The van der Waals surface area contributed by atoms with Crippen molar-refractivity contribution in [2.45, 2.75) is 33.1 Å². The molecule has 1 saturated carbocycles. The molecule has 0 bridgehead atoms. The molecular weight excluding hydrogens is 332 g/mol. The predicted octanol–water partition coefficient (Wildman–Crippen LogP) is 2.70. The lowest BCUT2D eigenvalue weighted by Crippen LogP contribution is -2.44. The molecule has 0 spiro atoms. The molecule has 2 amide bonds. The number of nitrogens with zero attached hydrogens (tertiary/aromatic N) is 1. The fourth-order valence-corrected chi connectivity index (χ4v) is 3.45. The summed E-state index contributed by atoms with van der Waals surface area (Å²) < 4.78 is 5.17. The van der Waals surface area contributed by atoms with Crippen molar-refractivity contribution in [1.29, 1.82) is 0 Å². The molecule has 0 aromatic heterocycles. The van der Waals surface area contributed by atoms with Crippen LogP contribution in [0.5, 0.6) is 0 Å². The van der Waals surface area contributed by atoms with E-state index in [1.54, 1.807) is 29.2 Å². The van der Waals surface area contributed by atoms with Crippen LogP contribution in [0.1, 0.15) is 43.5 Å². The molecule has 1 aromatic rings. The minimum Gasteiger partial charge on any atom is -0.452 e. The number of hydrogen-bond donors (Lipinski definition) is 1. The van der Waals surface area contributed by atoms with E-state index in [1.165, 1.54) is 0 Å². The number of carbonyl (C=O) groups is 3. The Labute approximate surface area is 153 Å². The van der Waals surface area contributed by atoms with Gasteiger partial charge in [0.25, 0.3) is 5.91 Å². The Morgan fingerprint density at radius 1 is 1.08 bits per heavy atom. The Morgan fingerprint density at radius 3 is 2.27 bits per heavy atom. The Bertz CT molecular complexity index is 672. The first kappa shape index (κ1) is 18.4. The van der Waals surface area contributed by atoms with Crippen molar-refractivity contribution in [1.82, 2.24) is 4.90 Å². The van der Waals surface area contributed by atoms with E-state index in [9.17, 15) is 14.4 Å². The van der Waals surface area contributed by atoms with Gasteiger partial charge in [-0.1, -0.05) is 13.8 Å². The minimum atomic E-state index is -0.531. The first-order chi connectivity index (χ1) is 12.4. The van der Waals surface area contributed by atoms with Crippen LogP contribution < -0.4 is 5.32 Å². The summed E-state index contributed by atoms with van der Waals surface area (Å²) in [6.07, 6.45) is 3.00. The highest BCUT2D eigenvalue weighted by molar-refractivity contribution is 5.95. The monoisotopic (exact) mass is 358 g/mol. The smallest absolute Gasteiger partial charge is 0.338 e. The van der Waals surface area contributed by atoms with Gasteiger partial charge in [0, 0.05) is 24.7 Å². The molecule has 2 fully saturated rings. The van der Waals surface area contributed by atoms with Crippen LogP contribution in [-0.2, 0) is 14.3 Å². The van der Waals surface area contributed by atoms with Crippen molar-refractivity contribution in [3.05, 3.63) is 29.8 Å². The van der Waals surface area contributed by atoms with Crippen LogP contribution >= 0.6 is 0 Å². The first-order valence-electron chi connectivity index (χ1n) is 9.28. The van der Waals surface area contributed by atoms with Gasteiger partial charge in [-0.3, -0.25) is 9.59 Å². The maximum Gasteiger partial charge on any atom is 0.338 e. The highest BCUT2D eigenvalue weighted by Gasteiger charge is 2.29. The van der Waals surface area contributed by atoms with Gasteiger partial charge in [0.05, 0.1) is 5.56 Å². The number of nitrogens with one attached hydrogen (secondary N) is 1. The van der Waals surface area contributed by atoms with Crippen LogP contribution in [0.15, 0.2) is 24.3 Å². The van der Waals surface area contributed by atoms with E-state index in [-0.39, 0.29) is 24.3 Å². The number of esters is 1. The van der Waals surface area contributed by atoms with E-state index in [1.807, 2.05) is 0 Å². The zero-order chi connectivity index (χ0) is 18.7. The van der Waals surface area contributed by atoms with Crippen molar-refractivity contribution in [2.24, 2.45) is 17.8 Å². The Morgan fingerprint density at radius 2 is 1.69 bits per heavy atom. The zero-order valence-corrected chi connectivity index (χ0v) is 15.4. The molecule has 3 rings (SSSR count). The fourth-order valence-electron chi connectivity index (χ4n) is 3.45. The maximum atomic E-state index is 12.3. The molecule has 2 unspecified atom stereocenters. The molecule has 26 heavy (non-hydrogen) atoms. The lowest BCUT2D eigenvalue weighted by molar-refractivity contribution is -0.137. The lowest BCUT2D eigenvalue weighted by Gasteiger charge is -2.34. The average Bonchev–Trinajstić information content (AvgIpc) is 3.44. The third-order valence-corrected chi connectivity index (χ3v) is 4.88. The summed E-state index contributed by atoms with van der Waals surface area (Å²) in [7, 11) is 0. The van der Waals surface area contributed by atoms with E-state index in [2.05, 4.69) is 19.2 Å². The summed E-state index contributed by atoms with van der Waals surface area (Å²) in [6.45, 7) is 5.46. The largest absolute Gasteiger partial charge is 0.452 e. The van der Waals surface area contributed by atoms with Gasteiger partial charge in [-0.25, -0.2) is 4.79 Å². The number of likely N-dealkylation sites (tertiary alicyclic amines) is 1. The van der Waals surface area contributed by atoms with Crippen LogP contribution in [-0.4, -0.2) is 42.4 Å². The maximum absolute atomic E-state index is 12.3. The van der Waals surface area contributed by atoms with Crippen molar-refractivity contribution in [3.63, 3.8) is 0 Å². The van der Waals surface area contributed by atoms with Gasteiger partial charge in [0.1, 0.15) is 0 Å². The number of carbonyl (C=O) groups excluding carboxylic acids is 3. The second kappa shape index (κ2) is 7.89. The topological polar surface area (TPSA) is 75.7 Å². The summed E-state index contributed by atoms with van der Waals surface area (Å²) in [6, 6.07) is 6.54. The van der Waals surface area contributed by atoms with Gasteiger partial charge in [0.2, 0.25) is 5.91 Å². The van der Waals surface area contributed by atoms with Gasteiger partial charge in [-0.2, -0.15) is 0 Å². The molecule has 2 aliphatic rings. The molecule has 6 nitrogen and oxygen atoms in total. The van der Waals surface area contributed by atoms with Crippen LogP contribution in [0, 0.1) is 17.8 Å². The van der Waals surface area contributed by atoms with Gasteiger partial charge >= 0.3 is 5.97 Å². The molecule has 6 heteroatoms. The fraction of sp³-hybridized carbons (Fsp3) is 0.550. The number of anilines is 1. The quantitative estimate of drug-likeness (QED) is 0.821.